The van der Waals surface area contributed by atoms with Crippen molar-refractivity contribution in [3.63, 3.8) is 0 Å². The fraction of sp³-hybridized carbons (Fsp3) is 1.00. The summed E-state index contributed by atoms with van der Waals surface area (Å²) in [6.07, 6.45) is -1.89. The van der Waals surface area contributed by atoms with E-state index in [1.54, 1.807) is 27.7 Å². The van der Waals surface area contributed by atoms with E-state index in [9.17, 15) is 10.2 Å². The minimum absolute atomic E-state index is 0.164. The number of aliphatic hydroxyl groups excluding tert-OH is 2. The third-order valence-corrected chi connectivity index (χ3v) is 3.13. The van der Waals surface area contributed by atoms with Crippen LogP contribution in [0.3, 0.4) is 0 Å². The van der Waals surface area contributed by atoms with Crippen molar-refractivity contribution < 1.29 is 29.2 Å². The molecule has 0 spiro atoms. The van der Waals surface area contributed by atoms with Crippen LogP contribution >= 0.6 is 0 Å². The van der Waals surface area contributed by atoms with Crippen LogP contribution in [-0.2, 0) is 18.9 Å². The van der Waals surface area contributed by atoms with Gasteiger partial charge in [-0.3, -0.25) is 0 Å². The smallest absolute Gasteiger partial charge is 0.164 e. The van der Waals surface area contributed by atoms with E-state index in [2.05, 4.69) is 0 Å². The molecular weight excluding hydrogens is 240 g/mol. The van der Waals surface area contributed by atoms with Crippen molar-refractivity contribution in [2.45, 2.75) is 63.7 Å². The first-order valence-electron chi connectivity index (χ1n) is 6.21. The van der Waals surface area contributed by atoms with E-state index >= 15 is 0 Å². The minimum atomic E-state index is -0.837. The highest BCUT2D eigenvalue weighted by Gasteiger charge is 2.53. The van der Waals surface area contributed by atoms with Gasteiger partial charge >= 0.3 is 0 Å². The molecule has 0 amide bonds. The first kappa shape index (κ1) is 14.2. The second kappa shape index (κ2) is 4.70. The Morgan fingerprint density at radius 2 is 1.06 bits per heavy atom. The minimum Gasteiger partial charge on any atom is -0.394 e. The van der Waals surface area contributed by atoms with Crippen molar-refractivity contribution in [3.8, 4) is 0 Å². The fourth-order valence-electron chi connectivity index (χ4n) is 2.57. The molecule has 18 heavy (non-hydrogen) atoms. The summed E-state index contributed by atoms with van der Waals surface area (Å²) >= 11 is 0. The van der Waals surface area contributed by atoms with E-state index in [-0.39, 0.29) is 13.2 Å². The molecule has 0 aromatic heterocycles. The quantitative estimate of drug-likeness (QED) is 0.730. The Morgan fingerprint density at radius 1 is 0.722 bits per heavy atom. The second-order valence-electron chi connectivity index (χ2n) is 5.64. The molecule has 0 radical (unpaired) electrons. The number of rotatable bonds is 2. The molecule has 6 heteroatoms. The predicted octanol–water partition coefficient (Wildman–Crippen LogP) is 0.0112. The Hall–Kier alpha value is -0.240. The normalized spacial score (nSPS) is 42.3. The summed E-state index contributed by atoms with van der Waals surface area (Å²) in [6, 6.07) is 0. The zero-order valence-corrected chi connectivity index (χ0v) is 11.3. The maximum Gasteiger partial charge on any atom is 0.164 e. The highest BCUT2D eigenvalue weighted by atomic mass is 16.8. The lowest BCUT2D eigenvalue weighted by Crippen LogP contribution is -2.66. The van der Waals surface area contributed by atoms with Gasteiger partial charge in [0, 0.05) is 0 Å². The summed E-state index contributed by atoms with van der Waals surface area (Å²) in [5, 5.41) is 18.9. The Balaban J connectivity index is 2.24. The first-order valence-corrected chi connectivity index (χ1v) is 6.21. The number of hydrogen-bond acceptors (Lipinski definition) is 6. The van der Waals surface area contributed by atoms with Crippen molar-refractivity contribution in [3.05, 3.63) is 0 Å². The molecule has 0 aromatic rings. The molecule has 0 aliphatic carbocycles. The number of aliphatic hydroxyl groups is 2. The van der Waals surface area contributed by atoms with Crippen LogP contribution in [0.2, 0.25) is 0 Å². The van der Waals surface area contributed by atoms with Gasteiger partial charge in [0.15, 0.2) is 11.6 Å². The lowest BCUT2D eigenvalue weighted by molar-refractivity contribution is -0.426. The summed E-state index contributed by atoms with van der Waals surface area (Å²) < 4.78 is 22.8. The van der Waals surface area contributed by atoms with Crippen LogP contribution in [0, 0.1) is 0 Å². The van der Waals surface area contributed by atoms with Gasteiger partial charge in [0.2, 0.25) is 0 Å². The van der Waals surface area contributed by atoms with Crippen LogP contribution in [0.5, 0.6) is 0 Å². The largest absolute Gasteiger partial charge is 0.394 e. The molecule has 2 rings (SSSR count). The second-order valence-corrected chi connectivity index (χ2v) is 5.64. The van der Waals surface area contributed by atoms with Gasteiger partial charge in [-0.05, 0) is 27.7 Å². The van der Waals surface area contributed by atoms with Crippen LogP contribution in [-0.4, -0.2) is 59.4 Å². The van der Waals surface area contributed by atoms with Crippen LogP contribution in [0.4, 0.5) is 0 Å². The molecule has 4 atom stereocenters. The first-order chi connectivity index (χ1) is 8.28. The Bertz CT molecular complexity index is 273. The molecule has 0 unspecified atom stereocenters. The molecule has 106 valence electrons. The lowest BCUT2D eigenvalue weighted by atomic mass is 9.98. The van der Waals surface area contributed by atoms with Gasteiger partial charge in [0.05, 0.1) is 13.2 Å². The molecule has 2 fully saturated rings. The maximum atomic E-state index is 9.43. The standard InChI is InChI=1S/C12H22O6/c1-11(2)15-7(5-13)10-9(17-11)8(6-14)16-12(3,4)18-10/h7-10,13-14H,5-6H2,1-4H3/t7-,8-,9-,10-/m0/s1. The summed E-state index contributed by atoms with van der Waals surface area (Å²) in [7, 11) is 0. The van der Waals surface area contributed by atoms with E-state index in [0.29, 0.717) is 0 Å². The zero-order valence-electron chi connectivity index (χ0n) is 11.3. The van der Waals surface area contributed by atoms with Crippen LogP contribution < -0.4 is 0 Å². The fourth-order valence-corrected chi connectivity index (χ4v) is 2.57. The van der Waals surface area contributed by atoms with Gasteiger partial charge in [-0.2, -0.15) is 0 Å². The monoisotopic (exact) mass is 262 g/mol. The van der Waals surface area contributed by atoms with Gasteiger partial charge in [0.25, 0.3) is 0 Å². The van der Waals surface area contributed by atoms with Crippen molar-refractivity contribution in [1.82, 2.24) is 0 Å². The average Bonchev–Trinajstić information content (AvgIpc) is 2.26. The number of ether oxygens (including phenoxy) is 4. The molecule has 6 nitrogen and oxygen atoms in total. The van der Waals surface area contributed by atoms with Gasteiger partial charge in [-0.15, -0.1) is 0 Å². The molecule has 2 saturated heterocycles. The third-order valence-electron chi connectivity index (χ3n) is 3.13. The summed E-state index contributed by atoms with van der Waals surface area (Å²) in [5.74, 6) is -1.67. The Kier molecular flexibility index (Phi) is 3.70. The summed E-state index contributed by atoms with van der Waals surface area (Å²) in [5.41, 5.74) is 0. The van der Waals surface area contributed by atoms with Gasteiger partial charge in [0.1, 0.15) is 24.4 Å². The lowest BCUT2D eigenvalue weighted by Gasteiger charge is -2.53. The van der Waals surface area contributed by atoms with E-state index in [4.69, 9.17) is 18.9 Å². The molecule has 0 saturated carbocycles. The molecule has 0 aromatic carbocycles. The third kappa shape index (κ3) is 2.68. The van der Waals surface area contributed by atoms with Crippen LogP contribution in [0.25, 0.3) is 0 Å². The molecule has 0 bridgehead atoms. The van der Waals surface area contributed by atoms with Gasteiger partial charge in [-0.1, -0.05) is 0 Å². The number of fused-ring (bicyclic) bond motifs is 1. The predicted molar refractivity (Wildman–Crippen MR) is 61.8 cm³/mol. The molecule has 2 heterocycles. The molecular formula is C12H22O6. The van der Waals surface area contributed by atoms with Crippen LogP contribution in [0.15, 0.2) is 0 Å². The van der Waals surface area contributed by atoms with Crippen molar-refractivity contribution in [2.75, 3.05) is 13.2 Å². The maximum absolute atomic E-state index is 9.43. The van der Waals surface area contributed by atoms with E-state index in [1.807, 2.05) is 0 Å². The topological polar surface area (TPSA) is 77.4 Å². The highest BCUT2D eigenvalue weighted by molar-refractivity contribution is 4.94. The van der Waals surface area contributed by atoms with Gasteiger partial charge < -0.3 is 29.2 Å². The molecule has 2 aliphatic rings. The van der Waals surface area contributed by atoms with E-state index in [1.165, 1.54) is 0 Å². The molecule has 2 N–H and O–H groups in total. The highest BCUT2D eigenvalue weighted by Crippen LogP contribution is 2.38. The van der Waals surface area contributed by atoms with Gasteiger partial charge in [-0.25, -0.2) is 0 Å². The number of hydrogen-bond donors (Lipinski definition) is 2. The SMILES string of the molecule is CC1(C)O[C@@H]2[C@@H](OC(C)(C)O[C@H]2CO)[C@H](CO)O1. The Labute approximate surface area is 107 Å². The van der Waals surface area contributed by atoms with Crippen molar-refractivity contribution in [2.24, 2.45) is 0 Å². The zero-order chi connectivity index (χ0) is 13.6. The summed E-state index contributed by atoms with van der Waals surface area (Å²) in [6.45, 7) is 6.73. The van der Waals surface area contributed by atoms with Crippen molar-refractivity contribution in [1.29, 1.82) is 0 Å². The summed E-state index contributed by atoms with van der Waals surface area (Å²) in [4.78, 5) is 0. The molecule has 2 aliphatic heterocycles. The van der Waals surface area contributed by atoms with Crippen molar-refractivity contribution >= 4 is 0 Å². The van der Waals surface area contributed by atoms with E-state index in [0.717, 1.165) is 0 Å². The van der Waals surface area contributed by atoms with E-state index < -0.39 is 36.0 Å². The van der Waals surface area contributed by atoms with Crippen LogP contribution in [0.1, 0.15) is 27.7 Å². The average molecular weight is 262 g/mol. The Morgan fingerprint density at radius 3 is 1.33 bits per heavy atom.